The van der Waals surface area contributed by atoms with Crippen molar-refractivity contribution in [3.05, 3.63) is 11.3 Å². The van der Waals surface area contributed by atoms with Crippen LogP contribution in [0.4, 0.5) is 0 Å². The van der Waals surface area contributed by atoms with Crippen molar-refractivity contribution in [2.75, 3.05) is 13.2 Å². The van der Waals surface area contributed by atoms with Crippen molar-refractivity contribution in [2.24, 2.45) is 5.73 Å². The molecule has 0 fully saturated rings. The minimum atomic E-state index is -1.45. The third-order valence-electron chi connectivity index (χ3n) is 2.22. The molecule has 8 heteroatoms. The smallest absolute Gasteiger partial charge is 0.377 e. The van der Waals surface area contributed by atoms with Crippen LogP contribution in [0.2, 0.25) is 0 Å². The zero-order valence-electron chi connectivity index (χ0n) is 10.7. The molecule has 0 spiro atoms. The van der Waals surface area contributed by atoms with Crippen molar-refractivity contribution in [3.8, 4) is 5.88 Å². The van der Waals surface area contributed by atoms with E-state index in [9.17, 15) is 14.7 Å². The zero-order chi connectivity index (χ0) is 14.4. The van der Waals surface area contributed by atoms with Crippen molar-refractivity contribution in [2.45, 2.75) is 26.3 Å². The van der Waals surface area contributed by atoms with E-state index in [2.05, 4.69) is 5.16 Å². The molecule has 0 bridgehead atoms. The average molecular weight is 271 g/mol. The molecule has 1 heterocycles. The van der Waals surface area contributed by atoms with E-state index < -0.39 is 18.0 Å². The lowest BCUT2D eigenvalue weighted by molar-refractivity contribution is -0.307. The molecule has 0 radical (unpaired) electrons. The molecule has 0 aromatic carbocycles. The fourth-order valence-electron chi connectivity index (χ4n) is 1.38. The summed E-state index contributed by atoms with van der Waals surface area (Å²) in [5, 5.41) is 14.2. The monoisotopic (exact) mass is 271 g/mol. The molecule has 1 unspecified atom stereocenters. The van der Waals surface area contributed by atoms with Crippen molar-refractivity contribution in [1.82, 2.24) is 5.16 Å². The van der Waals surface area contributed by atoms with Crippen LogP contribution in [0.1, 0.15) is 30.0 Å². The molecule has 1 aromatic rings. The number of hydrogen-bond donors (Lipinski definition) is 1. The standard InChI is InChI=1S/C11H16N2O6/c1-3-17-9-6(5-7(12)10(14)15)8(19-13-9)11(16)18-4-2/h7H,3-5,12H2,1-2H3,(H,14,15)/p-1. The third-order valence-corrected chi connectivity index (χ3v) is 2.22. The molecule has 8 nitrogen and oxygen atoms in total. The van der Waals surface area contributed by atoms with Crippen molar-refractivity contribution >= 4 is 11.9 Å². The lowest BCUT2D eigenvalue weighted by atomic mass is 10.1. The summed E-state index contributed by atoms with van der Waals surface area (Å²) >= 11 is 0. The molecule has 0 saturated heterocycles. The largest absolute Gasteiger partial charge is 0.548 e. The number of esters is 1. The molecular formula is C11H15N2O6-. The first-order valence-corrected chi connectivity index (χ1v) is 5.76. The summed E-state index contributed by atoms with van der Waals surface area (Å²) in [6.07, 6.45) is -0.199. The van der Waals surface area contributed by atoms with E-state index in [0.29, 0.717) is 0 Å². The van der Waals surface area contributed by atoms with Crippen LogP contribution in [0.5, 0.6) is 5.88 Å². The Labute approximate surface area is 109 Å². The fraction of sp³-hybridized carbons (Fsp3) is 0.545. The van der Waals surface area contributed by atoms with Crippen LogP contribution in [-0.4, -0.2) is 36.4 Å². The Morgan fingerprint density at radius 3 is 2.63 bits per heavy atom. The molecule has 2 N–H and O–H groups in total. The maximum Gasteiger partial charge on any atom is 0.377 e. The minimum Gasteiger partial charge on any atom is -0.548 e. The molecule has 0 aliphatic rings. The molecule has 19 heavy (non-hydrogen) atoms. The van der Waals surface area contributed by atoms with Crippen LogP contribution in [-0.2, 0) is 16.0 Å². The molecule has 1 atom stereocenters. The number of nitrogens with zero attached hydrogens (tertiary/aromatic N) is 1. The lowest BCUT2D eigenvalue weighted by Gasteiger charge is -2.12. The normalized spacial score (nSPS) is 11.9. The van der Waals surface area contributed by atoms with E-state index in [0.717, 1.165) is 0 Å². The minimum absolute atomic E-state index is 0.0299. The average Bonchev–Trinajstić information content (AvgIpc) is 2.73. The Morgan fingerprint density at radius 2 is 2.11 bits per heavy atom. The van der Waals surface area contributed by atoms with Gasteiger partial charge in [-0.05, 0) is 19.0 Å². The highest BCUT2D eigenvalue weighted by Gasteiger charge is 2.26. The predicted octanol–water partition coefficient (Wildman–Crippen LogP) is -1.13. The van der Waals surface area contributed by atoms with Crippen molar-refractivity contribution in [3.63, 3.8) is 0 Å². The second kappa shape index (κ2) is 6.74. The van der Waals surface area contributed by atoms with Gasteiger partial charge in [0.1, 0.15) is 0 Å². The van der Waals surface area contributed by atoms with Crippen LogP contribution < -0.4 is 15.6 Å². The van der Waals surface area contributed by atoms with E-state index >= 15 is 0 Å². The van der Waals surface area contributed by atoms with E-state index in [1.165, 1.54) is 0 Å². The summed E-state index contributed by atoms with van der Waals surface area (Å²) in [5.74, 6) is -2.37. The molecule has 0 amide bonds. The molecule has 0 aliphatic heterocycles. The number of carbonyl (C=O) groups is 2. The van der Waals surface area contributed by atoms with E-state index in [1.54, 1.807) is 13.8 Å². The van der Waals surface area contributed by atoms with Gasteiger partial charge in [-0.2, -0.15) is 0 Å². The number of aliphatic carboxylic acids is 1. The molecule has 1 aromatic heterocycles. The summed E-state index contributed by atoms with van der Waals surface area (Å²) in [7, 11) is 0. The SMILES string of the molecule is CCOC(=O)c1onc(OCC)c1CC(N)C(=O)[O-]. The highest BCUT2D eigenvalue weighted by molar-refractivity contribution is 5.88. The first-order chi connectivity index (χ1) is 9.01. The summed E-state index contributed by atoms with van der Waals surface area (Å²) < 4.78 is 14.7. The van der Waals surface area contributed by atoms with Gasteiger partial charge in [0, 0.05) is 12.5 Å². The first-order valence-electron chi connectivity index (χ1n) is 5.76. The number of carbonyl (C=O) groups excluding carboxylic acids is 2. The molecule has 1 rings (SSSR count). The Kier molecular flexibility index (Phi) is 5.31. The van der Waals surface area contributed by atoms with E-state index in [-0.39, 0.29) is 36.8 Å². The fourth-order valence-corrected chi connectivity index (χ4v) is 1.38. The van der Waals surface area contributed by atoms with Gasteiger partial charge in [0.05, 0.1) is 24.7 Å². The van der Waals surface area contributed by atoms with Crippen LogP contribution >= 0.6 is 0 Å². The summed E-state index contributed by atoms with van der Waals surface area (Å²) in [4.78, 5) is 22.3. The molecule has 106 valence electrons. The van der Waals surface area contributed by atoms with Gasteiger partial charge in [-0.15, -0.1) is 0 Å². The lowest BCUT2D eigenvalue weighted by Crippen LogP contribution is -2.43. The maximum absolute atomic E-state index is 11.6. The van der Waals surface area contributed by atoms with Gasteiger partial charge in [-0.25, -0.2) is 4.79 Å². The highest BCUT2D eigenvalue weighted by atomic mass is 16.6. The highest BCUT2D eigenvalue weighted by Crippen LogP contribution is 2.23. The van der Waals surface area contributed by atoms with Gasteiger partial charge in [0.15, 0.2) is 0 Å². The topological polar surface area (TPSA) is 128 Å². The van der Waals surface area contributed by atoms with Gasteiger partial charge in [0.25, 0.3) is 11.6 Å². The number of hydrogen-bond acceptors (Lipinski definition) is 8. The Bertz CT molecular complexity index is 456. The molecular weight excluding hydrogens is 256 g/mol. The maximum atomic E-state index is 11.6. The second-order valence-corrected chi connectivity index (χ2v) is 3.58. The van der Waals surface area contributed by atoms with Gasteiger partial charge in [0.2, 0.25) is 0 Å². The van der Waals surface area contributed by atoms with Gasteiger partial charge in [-0.1, -0.05) is 0 Å². The number of rotatable bonds is 7. The first kappa shape index (κ1) is 15.0. The van der Waals surface area contributed by atoms with Gasteiger partial charge in [-0.3, -0.25) is 0 Å². The third kappa shape index (κ3) is 3.68. The van der Waals surface area contributed by atoms with Crippen molar-refractivity contribution in [1.29, 1.82) is 0 Å². The van der Waals surface area contributed by atoms with Crippen LogP contribution in [0.15, 0.2) is 4.52 Å². The second-order valence-electron chi connectivity index (χ2n) is 3.58. The van der Waals surface area contributed by atoms with Crippen LogP contribution in [0, 0.1) is 0 Å². The number of nitrogens with two attached hydrogens (primary N) is 1. The number of carboxylic acids is 1. The van der Waals surface area contributed by atoms with Crippen molar-refractivity contribution < 1.29 is 28.7 Å². The summed E-state index contributed by atoms with van der Waals surface area (Å²) in [6, 6.07) is -1.30. The summed E-state index contributed by atoms with van der Waals surface area (Å²) in [5.41, 5.74) is 5.54. The van der Waals surface area contributed by atoms with Gasteiger partial charge < -0.3 is 29.6 Å². The Balaban J connectivity index is 3.04. The Morgan fingerprint density at radius 1 is 1.42 bits per heavy atom. The van der Waals surface area contributed by atoms with Gasteiger partial charge >= 0.3 is 5.97 Å². The van der Waals surface area contributed by atoms with Crippen LogP contribution in [0.25, 0.3) is 0 Å². The Hall–Kier alpha value is -2.09. The van der Waals surface area contributed by atoms with E-state index in [1.807, 2.05) is 0 Å². The molecule has 0 saturated carbocycles. The number of ether oxygens (including phenoxy) is 2. The number of carboxylic acid groups (broad SMARTS) is 1. The quantitative estimate of drug-likeness (QED) is 0.617. The predicted molar refractivity (Wildman–Crippen MR) is 60.3 cm³/mol. The van der Waals surface area contributed by atoms with E-state index in [4.69, 9.17) is 19.7 Å². The zero-order valence-corrected chi connectivity index (χ0v) is 10.7. The molecule has 0 aliphatic carbocycles. The van der Waals surface area contributed by atoms with Crippen LogP contribution in [0.3, 0.4) is 0 Å². The number of aromatic nitrogens is 1. The summed E-state index contributed by atoms with van der Waals surface area (Å²) in [6.45, 7) is 3.77.